The normalized spacial score (nSPS) is 15.0. The van der Waals surface area contributed by atoms with Crippen molar-refractivity contribution in [2.24, 2.45) is 0 Å². The Labute approximate surface area is 155 Å². The molecule has 3 rings (SSSR count). The molecule has 0 amide bonds. The first kappa shape index (κ1) is 18.6. The fraction of sp³-hybridized carbons (Fsp3) is 0.400. The Hall–Kier alpha value is -2.21. The third-order valence-corrected chi connectivity index (χ3v) is 6.43. The summed E-state index contributed by atoms with van der Waals surface area (Å²) in [4.78, 5) is 0.252. The smallest absolute Gasteiger partial charge is 0.262 e. The molecule has 0 bridgehead atoms. The van der Waals surface area contributed by atoms with Gasteiger partial charge in [-0.2, -0.15) is 0 Å². The van der Waals surface area contributed by atoms with Crippen LogP contribution in [-0.4, -0.2) is 21.6 Å². The van der Waals surface area contributed by atoms with Gasteiger partial charge in [-0.1, -0.05) is 0 Å². The van der Waals surface area contributed by atoms with Gasteiger partial charge in [0.25, 0.3) is 10.0 Å². The van der Waals surface area contributed by atoms with Gasteiger partial charge in [0, 0.05) is 5.69 Å². The molecule has 0 atom stereocenters. The summed E-state index contributed by atoms with van der Waals surface area (Å²) < 4.78 is 39.3. The van der Waals surface area contributed by atoms with E-state index in [0.29, 0.717) is 17.0 Å². The van der Waals surface area contributed by atoms with Crippen LogP contribution in [0, 0.1) is 13.8 Å². The summed E-state index contributed by atoms with van der Waals surface area (Å²) >= 11 is 0. The molecule has 26 heavy (non-hydrogen) atoms. The van der Waals surface area contributed by atoms with Gasteiger partial charge in [-0.25, -0.2) is 8.42 Å². The maximum Gasteiger partial charge on any atom is 0.262 e. The third-order valence-electron chi connectivity index (χ3n) is 4.91. The lowest BCUT2D eigenvalue weighted by Gasteiger charge is -2.15. The molecule has 140 valence electrons. The highest BCUT2D eigenvalue weighted by Gasteiger charge is 2.20. The molecule has 0 heterocycles. The molecule has 0 aliphatic heterocycles. The highest BCUT2D eigenvalue weighted by Crippen LogP contribution is 2.29. The molecule has 1 aliphatic carbocycles. The van der Waals surface area contributed by atoms with E-state index in [4.69, 9.17) is 9.47 Å². The van der Waals surface area contributed by atoms with E-state index in [1.54, 1.807) is 38.3 Å². The van der Waals surface area contributed by atoms with E-state index in [1.807, 2.05) is 19.1 Å². The minimum atomic E-state index is -3.67. The summed E-state index contributed by atoms with van der Waals surface area (Å²) in [6.45, 7) is 3.63. The van der Waals surface area contributed by atoms with Gasteiger partial charge >= 0.3 is 0 Å². The first-order chi connectivity index (χ1) is 12.4. The second kappa shape index (κ2) is 7.58. The maximum atomic E-state index is 12.8. The standard InChI is InChI=1S/C20H25NO4S/c1-14-15(2)20(13-12-19(14)24-3)26(22,23)21-16-8-10-18(11-9-16)25-17-6-4-5-7-17/h8-13,17,21H,4-7H2,1-3H3. The highest BCUT2D eigenvalue weighted by molar-refractivity contribution is 7.92. The number of hydrogen-bond donors (Lipinski definition) is 1. The van der Waals surface area contributed by atoms with Crippen LogP contribution in [0.25, 0.3) is 0 Å². The van der Waals surface area contributed by atoms with Gasteiger partial charge in [0.2, 0.25) is 0 Å². The molecule has 2 aromatic carbocycles. The van der Waals surface area contributed by atoms with Crippen LogP contribution in [0.3, 0.4) is 0 Å². The number of methoxy groups -OCH3 is 1. The third kappa shape index (κ3) is 3.96. The number of benzene rings is 2. The second-order valence-corrected chi connectivity index (χ2v) is 8.32. The zero-order valence-corrected chi connectivity index (χ0v) is 16.2. The van der Waals surface area contributed by atoms with Crippen LogP contribution >= 0.6 is 0 Å². The fourth-order valence-electron chi connectivity index (χ4n) is 3.29. The number of sulfonamides is 1. The van der Waals surface area contributed by atoms with Crippen molar-refractivity contribution in [3.63, 3.8) is 0 Å². The molecule has 1 N–H and O–H groups in total. The minimum Gasteiger partial charge on any atom is -0.496 e. The summed E-state index contributed by atoms with van der Waals surface area (Å²) in [5, 5.41) is 0. The van der Waals surface area contributed by atoms with E-state index in [-0.39, 0.29) is 11.0 Å². The van der Waals surface area contributed by atoms with Crippen molar-refractivity contribution in [1.82, 2.24) is 0 Å². The molecular weight excluding hydrogens is 350 g/mol. The van der Waals surface area contributed by atoms with Gasteiger partial charge in [-0.15, -0.1) is 0 Å². The maximum absolute atomic E-state index is 12.8. The lowest BCUT2D eigenvalue weighted by Crippen LogP contribution is -2.15. The van der Waals surface area contributed by atoms with Gasteiger partial charge in [0.1, 0.15) is 11.5 Å². The first-order valence-corrected chi connectivity index (χ1v) is 10.3. The number of ether oxygens (including phenoxy) is 2. The van der Waals surface area contributed by atoms with Crippen LogP contribution in [0.4, 0.5) is 5.69 Å². The van der Waals surface area contributed by atoms with Crippen molar-refractivity contribution < 1.29 is 17.9 Å². The molecule has 2 aromatic rings. The summed E-state index contributed by atoms with van der Waals surface area (Å²) in [5.74, 6) is 1.45. The van der Waals surface area contributed by atoms with E-state index in [9.17, 15) is 8.42 Å². The predicted octanol–water partition coefficient (Wildman–Crippen LogP) is 4.43. The summed E-state index contributed by atoms with van der Waals surface area (Å²) in [7, 11) is -2.10. The largest absolute Gasteiger partial charge is 0.496 e. The first-order valence-electron chi connectivity index (χ1n) is 8.84. The molecule has 0 aromatic heterocycles. The molecule has 1 fully saturated rings. The Morgan fingerprint density at radius 1 is 0.962 bits per heavy atom. The number of anilines is 1. The lowest BCUT2D eigenvalue weighted by atomic mass is 10.1. The molecule has 1 saturated carbocycles. The highest BCUT2D eigenvalue weighted by atomic mass is 32.2. The van der Waals surface area contributed by atoms with E-state index < -0.39 is 10.0 Å². The van der Waals surface area contributed by atoms with Crippen molar-refractivity contribution in [1.29, 1.82) is 0 Å². The Morgan fingerprint density at radius 3 is 2.23 bits per heavy atom. The zero-order chi connectivity index (χ0) is 18.7. The van der Waals surface area contributed by atoms with Gasteiger partial charge in [0.05, 0.1) is 18.1 Å². The molecule has 6 heteroatoms. The molecule has 5 nitrogen and oxygen atoms in total. The van der Waals surface area contributed by atoms with Crippen LogP contribution in [0.15, 0.2) is 41.3 Å². The topological polar surface area (TPSA) is 64.6 Å². The number of hydrogen-bond acceptors (Lipinski definition) is 4. The van der Waals surface area contributed by atoms with Crippen molar-refractivity contribution in [3.8, 4) is 11.5 Å². The quantitative estimate of drug-likeness (QED) is 0.811. The fourth-order valence-corrected chi connectivity index (χ4v) is 4.65. The van der Waals surface area contributed by atoms with Crippen LogP contribution in [0.2, 0.25) is 0 Å². The van der Waals surface area contributed by atoms with E-state index in [1.165, 1.54) is 12.8 Å². The molecule has 0 spiro atoms. The lowest BCUT2D eigenvalue weighted by molar-refractivity contribution is 0.210. The van der Waals surface area contributed by atoms with Crippen molar-refractivity contribution in [2.75, 3.05) is 11.8 Å². The van der Waals surface area contributed by atoms with Gasteiger partial charge in [0.15, 0.2) is 0 Å². The van der Waals surface area contributed by atoms with Gasteiger partial charge < -0.3 is 9.47 Å². The van der Waals surface area contributed by atoms with E-state index in [0.717, 1.165) is 24.2 Å². The second-order valence-electron chi connectivity index (χ2n) is 6.67. The molecule has 0 unspecified atom stereocenters. The average Bonchev–Trinajstić information content (AvgIpc) is 3.11. The number of rotatable bonds is 6. The molecular formula is C20H25NO4S. The monoisotopic (exact) mass is 375 g/mol. The molecule has 0 saturated heterocycles. The predicted molar refractivity (Wildman–Crippen MR) is 103 cm³/mol. The van der Waals surface area contributed by atoms with E-state index in [2.05, 4.69) is 4.72 Å². The summed E-state index contributed by atoms with van der Waals surface area (Å²) in [6.07, 6.45) is 4.88. The van der Waals surface area contributed by atoms with Gasteiger partial charge in [-0.3, -0.25) is 4.72 Å². The molecule has 0 radical (unpaired) electrons. The summed E-state index contributed by atoms with van der Waals surface area (Å²) in [5.41, 5.74) is 2.00. The Morgan fingerprint density at radius 2 is 1.62 bits per heavy atom. The molecule has 1 aliphatic rings. The van der Waals surface area contributed by atoms with Crippen molar-refractivity contribution >= 4 is 15.7 Å². The minimum absolute atomic E-state index is 0.252. The van der Waals surface area contributed by atoms with Crippen LogP contribution < -0.4 is 14.2 Å². The zero-order valence-electron chi connectivity index (χ0n) is 15.4. The SMILES string of the molecule is COc1ccc(S(=O)(=O)Nc2ccc(OC3CCCC3)cc2)c(C)c1C. The Bertz CT molecular complexity index is 869. The Balaban J connectivity index is 1.76. The van der Waals surface area contributed by atoms with Gasteiger partial charge in [-0.05, 0) is 87.1 Å². The van der Waals surface area contributed by atoms with Crippen LogP contribution in [0.5, 0.6) is 11.5 Å². The Kier molecular flexibility index (Phi) is 5.41. The van der Waals surface area contributed by atoms with E-state index >= 15 is 0 Å². The average molecular weight is 375 g/mol. The van der Waals surface area contributed by atoms with Crippen LogP contribution in [0.1, 0.15) is 36.8 Å². The van der Waals surface area contributed by atoms with Crippen molar-refractivity contribution in [2.45, 2.75) is 50.5 Å². The van der Waals surface area contributed by atoms with Crippen molar-refractivity contribution in [3.05, 3.63) is 47.5 Å². The number of nitrogens with one attached hydrogen (secondary N) is 1. The van der Waals surface area contributed by atoms with Crippen LogP contribution in [-0.2, 0) is 10.0 Å². The summed E-state index contributed by atoms with van der Waals surface area (Å²) in [6, 6.07) is 10.3.